The van der Waals surface area contributed by atoms with Gasteiger partial charge in [-0.05, 0) is 12.1 Å². The summed E-state index contributed by atoms with van der Waals surface area (Å²) >= 11 is 0. The van der Waals surface area contributed by atoms with Crippen molar-refractivity contribution >= 4 is 5.78 Å². The van der Waals surface area contributed by atoms with Crippen LogP contribution in [0.25, 0.3) is 0 Å². The van der Waals surface area contributed by atoms with E-state index in [4.69, 9.17) is 28.4 Å². The second-order valence-corrected chi connectivity index (χ2v) is 9.87. The summed E-state index contributed by atoms with van der Waals surface area (Å²) in [5.74, 6) is 3.86. The molecule has 2 atom stereocenters. The lowest BCUT2D eigenvalue weighted by molar-refractivity contribution is -0.125. The van der Waals surface area contributed by atoms with Gasteiger partial charge < -0.3 is 39.1 Å². The molecule has 2 aliphatic heterocycles. The number of ketones is 1. The van der Waals surface area contributed by atoms with E-state index in [1.165, 1.54) is 0 Å². The van der Waals surface area contributed by atoms with Crippen LogP contribution in [0.1, 0.15) is 11.1 Å². The fourth-order valence-electron chi connectivity index (χ4n) is 5.59. The van der Waals surface area contributed by atoms with Crippen LogP contribution >= 0.6 is 0 Å². The second-order valence-electron chi connectivity index (χ2n) is 9.87. The third-order valence-corrected chi connectivity index (χ3v) is 7.57. The lowest BCUT2D eigenvalue weighted by atomic mass is 10.00. The molecule has 0 saturated carbocycles. The molecular weight excluding hydrogens is 516 g/mol. The molecule has 0 bridgehead atoms. The smallest absolute Gasteiger partial charge is 0.203 e. The first-order chi connectivity index (χ1) is 19.5. The molecule has 0 amide bonds. The third kappa shape index (κ3) is 6.38. The standard InChI is InChI=1S/C29H42N4O7/c1-35-23-9-7-19(26(37-3)28(23)39-5)15-32-13-11-30-21(17-32)25(34)22-18-33(14-12-31-22)16-20-8-10-24(36-2)29(40-6)27(20)38-4/h7-10,21-22,30-31H,11-18H2,1-6H3. The van der Waals surface area contributed by atoms with Crippen molar-refractivity contribution in [1.82, 2.24) is 20.4 Å². The maximum Gasteiger partial charge on any atom is 0.203 e. The lowest BCUT2D eigenvalue weighted by Gasteiger charge is -2.38. The van der Waals surface area contributed by atoms with Crippen LogP contribution in [0.5, 0.6) is 34.5 Å². The molecular formula is C29H42N4O7. The van der Waals surface area contributed by atoms with Crippen molar-refractivity contribution in [2.45, 2.75) is 25.2 Å². The molecule has 220 valence electrons. The van der Waals surface area contributed by atoms with Crippen molar-refractivity contribution in [3.05, 3.63) is 35.4 Å². The van der Waals surface area contributed by atoms with E-state index in [9.17, 15) is 4.79 Å². The van der Waals surface area contributed by atoms with Crippen molar-refractivity contribution < 1.29 is 33.2 Å². The number of methoxy groups -OCH3 is 6. The Balaban J connectivity index is 1.41. The predicted octanol–water partition coefficient (Wildman–Crippen LogP) is 1.56. The van der Waals surface area contributed by atoms with Crippen molar-refractivity contribution in [2.24, 2.45) is 0 Å². The van der Waals surface area contributed by atoms with E-state index in [1.807, 2.05) is 24.3 Å². The lowest BCUT2D eigenvalue weighted by Crippen LogP contribution is -2.62. The van der Waals surface area contributed by atoms with Crippen LogP contribution in [-0.2, 0) is 17.9 Å². The van der Waals surface area contributed by atoms with Crippen LogP contribution in [0.15, 0.2) is 24.3 Å². The van der Waals surface area contributed by atoms with Crippen LogP contribution in [0.2, 0.25) is 0 Å². The van der Waals surface area contributed by atoms with Gasteiger partial charge in [0, 0.05) is 63.5 Å². The number of hydrogen-bond acceptors (Lipinski definition) is 11. The minimum absolute atomic E-state index is 0.174. The molecule has 2 aliphatic rings. The summed E-state index contributed by atoms with van der Waals surface area (Å²) in [5, 5.41) is 6.87. The zero-order chi connectivity index (χ0) is 28.6. The molecule has 0 aliphatic carbocycles. The van der Waals surface area contributed by atoms with Gasteiger partial charge in [0.25, 0.3) is 0 Å². The first-order valence-corrected chi connectivity index (χ1v) is 13.5. The van der Waals surface area contributed by atoms with Gasteiger partial charge in [-0.15, -0.1) is 0 Å². The van der Waals surface area contributed by atoms with Crippen LogP contribution in [0.3, 0.4) is 0 Å². The largest absolute Gasteiger partial charge is 0.493 e. The molecule has 40 heavy (non-hydrogen) atoms. The fraction of sp³-hybridized carbons (Fsp3) is 0.552. The number of piperazine rings is 2. The topological polar surface area (TPSA) is 103 Å². The van der Waals surface area contributed by atoms with E-state index in [0.717, 1.165) is 37.3 Å². The third-order valence-electron chi connectivity index (χ3n) is 7.57. The highest BCUT2D eigenvalue weighted by Gasteiger charge is 2.34. The number of hydrogen-bond donors (Lipinski definition) is 2. The molecule has 2 unspecified atom stereocenters. The van der Waals surface area contributed by atoms with Gasteiger partial charge in [-0.3, -0.25) is 14.6 Å². The van der Waals surface area contributed by atoms with E-state index < -0.39 is 0 Å². The summed E-state index contributed by atoms with van der Waals surface area (Å²) in [7, 11) is 9.67. The molecule has 11 heteroatoms. The Morgan fingerprint density at radius 2 is 1.05 bits per heavy atom. The average Bonchev–Trinajstić information content (AvgIpc) is 3.00. The predicted molar refractivity (Wildman–Crippen MR) is 151 cm³/mol. The number of Topliss-reactive ketones (excluding diaryl/α,β-unsaturated/α-hetero) is 1. The highest BCUT2D eigenvalue weighted by atomic mass is 16.5. The number of carbonyl (C=O) groups excluding carboxylic acids is 1. The number of ether oxygens (including phenoxy) is 6. The molecule has 2 saturated heterocycles. The van der Waals surface area contributed by atoms with Gasteiger partial charge >= 0.3 is 0 Å². The molecule has 2 fully saturated rings. The van der Waals surface area contributed by atoms with Crippen molar-refractivity contribution in [3.8, 4) is 34.5 Å². The number of nitrogens with zero attached hydrogens (tertiary/aromatic N) is 2. The second kappa shape index (κ2) is 13.9. The number of carbonyl (C=O) groups is 1. The molecule has 0 spiro atoms. The van der Waals surface area contributed by atoms with E-state index >= 15 is 0 Å². The highest BCUT2D eigenvalue weighted by molar-refractivity contribution is 5.89. The summed E-state index contributed by atoms with van der Waals surface area (Å²) < 4.78 is 33.3. The molecule has 4 rings (SSSR count). The summed E-state index contributed by atoms with van der Waals surface area (Å²) in [6, 6.07) is 7.20. The molecule has 2 aromatic rings. The molecule has 2 heterocycles. The summed E-state index contributed by atoms with van der Waals surface area (Å²) in [5.41, 5.74) is 1.97. The van der Waals surface area contributed by atoms with E-state index in [0.29, 0.717) is 60.7 Å². The Kier molecular flexibility index (Phi) is 10.3. The summed E-state index contributed by atoms with van der Waals surface area (Å²) in [6.45, 7) is 5.60. The number of benzene rings is 2. The maximum atomic E-state index is 13.7. The Labute approximate surface area is 236 Å². The van der Waals surface area contributed by atoms with Gasteiger partial charge in [-0.25, -0.2) is 0 Å². The van der Waals surface area contributed by atoms with Crippen molar-refractivity contribution in [1.29, 1.82) is 0 Å². The van der Waals surface area contributed by atoms with Gasteiger partial charge in [0.1, 0.15) is 0 Å². The summed E-state index contributed by atoms with van der Waals surface area (Å²) in [4.78, 5) is 18.2. The van der Waals surface area contributed by atoms with Gasteiger partial charge in [-0.2, -0.15) is 0 Å². The van der Waals surface area contributed by atoms with Crippen LogP contribution in [0.4, 0.5) is 0 Å². The quantitative estimate of drug-likeness (QED) is 0.397. The average molecular weight is 559 g/mol. The molecule has 2 aromatic carbocycles. The monoisotopic (exact) mass is 558 g/mol. The minimum Gasteiger partial charge on any atom is -0.493 e. The maximum absolute atomic E-state index is 13.7. The van der Waals surface area contributed by atoms with E-state index in [2.05, 4.69) is 20.4 Å². The molecule has 11 nitrogen and oxygen atoms in total. The van der Waals surface area contributed by atoms with Gasteiger partial charge in [0.2, 0.25) is 11.5 Å². The Bertz CT molecular complexity index is 1070. The molecule has 0 aromatic heterocycles. The van der Waals surface area contributed by atoms with Gasteiger partial charge in [0.05, 0.1) is 54.7 Å². The van der Waals surface area contributed by atoms with Gasteiger partial charge in [0.15, 0.2) is 28.8 Å². The molecule has 2 N–H and O–H groups in total. The van der Waals surface area contributed by atoms with Crippen LogP contribution < -0.4 is 39.1 Å². The number of rotatable bonds is 12. The van der Waals surface area contributed by atoms with Crippen LogP contribution in [0, 0.1) is 0 Å². The Morgan fingerprint density at radius 1 is 0.650 bits per heavy atom. The fourth-order valence-corrected chi connectivity index (χ4v) is 5.59. The number of nitrogens with one attached hydrogen (secondary N) is 2. The van der Waals surface area contributed by atoms with Crippen molar-refractivity contribution in [3.63, 3.8) is 0 Å². The first-order valence-electron chi connectivity index (χ1n) is 13.5. The molecule has 0 radical (unpaired) electrons. The zero-order valence-electron chi connectivity index (χ0n) is 24.4. The Morgan fingerprint density at radius 3 is 1.40 bits per heavy atom. The van der Waals surface area contributed by atoms with Crippen LogP contribution in [-0.4, -0.2) is 110 Å². The van der Waals surface area contributed by atoms with E-state index in [-0.39, 0.29) is 17.9 Å². The van der Waals surface area contributed by atoms with Crippen molar-refractivity contribution in [2.75, 3.05) is 81.9 Å². The first kappa shape index (κ1) is 29.7. The van der Waals surface area contributed by atoms with E-state index in [1.54, 1.807) is 42.7 Å². The van der Waals surface area contributed by atoms with Gasteiger partial charge in [-0.1, -0.05) is 12.1 Å². The highest BCUT2D eigenvalue weighted by Crippen LogP contribution is 2.41. The normalized spacial score (nSPS) is 20.1. The summed E-state index contributed by atoms with van der Waals surface area (Å²) in [6.07, 6.45) is 0. The Hall–Kier alpha value is -3.25. The minimum atomic E-state index is -0.270. The zero-order valence-corrected chi connectivity index (χ0v) is 24.4. The SMILES string of the molecule is COc1ccc(CN2CCNC(C(=O)C3CN(Cc4ccc(OC)c(OC)c4OC)CCN3)C2)c(OC)c1OC.